The van der Waals surface area contributed by atoms with E-state index in [2.05, 4.69) is 0 Å². The van der Waals surface area contributed by atoms with Crippen LogP contribution in [0.2, 0.25) is 25.1 Å². The number of carbonyl (C=O) groups is 4. The summed E-state index contributed by atoms with van der Waals surface area (Å²) in [6.07, 6.45) is 0. The molecule has 1 rings (SSSR count). The molecule has 11 nitrogen and oxygen atoms in total. The van der Waals surface area contributed by atoms with Crippen molar-refractivity contribution in [3.63, 3.8) is 0 Å². The molecule has 1 N–H and O–H groups in total. The van der Waals surface area contributed by atoms with E-state index >= 15 is 0 Å². The van der Waals surface area contributed by atoms with Gasteiger partial charge in [0.2, 0.25) is 0 Å². The van der Waals surface area contributed by atoms with Gasteiger partial charge in [0.1, 0.15) is 10.0 Å². The van der Waals surface area contributed by atoms with Crippen molar-refractivity contribution in [2.24, 2.45) is 0 Å². The van der Waals surface area contributed by atoms with Gasteiger partial charge in [-0.3, -0.25) is 9.80 Å². The zero-order valence-corrected chi connectivity index (χ0v) is 31.5. The SMILES string of the molecule is O=C([O-])CN(CCN(CC(=O)[O-])CC(=O)[O-])CC(=O)[O-].Oc1c(Cl)c(Cl)c(Cl)c(Cl)c1Cl.[Na+].[Na+].[Na+].[Na+]. The van der Waals surface area contributed by atoms with E-state index in [1.807, 2.05) is 0 Å². The Morgan fingerprint density at radius 3 is 0.917 bits per heavy atom. The first-order valence-electron chi connectivity index (χ1n) is 8.11. The molecule has 0 heterocycles. The molecular formula is C16H13Cl5N2Na4O9. The molecule has 0 fully saturated rings. The molecule has 36 heavy (non-hydrogen) atoms. The Morgan fingerprint density at radius 2 is 0.722 bits per heavy atom. The van der Waals surface area contributed by atoms with Crippen LogP contribution < -0.4 is 139 Å². The second kappa shape index (κ2) is 25.0. The number of rotatable bonds is 11. The summed E-state index contributed by atoms with van der Waals surface area (Å²) in [5, 5.41) is 50.6. The molecule has 1 aromatic rings. The number of hydrogen-bond donors (Lipinski definition) is 1. The van der Waals surface area contributed by atoms with E-state index in [1.165, 1.54) is 0 Å². The van der Waals surface area contributed by atoms with E-state index in [4.69, 9.17) is 58.0 Å². The molecule has 0 aromatic heterocycles. The first-order valence-corrected chi connectivity index (χ1v) is 10.0. The molecule has 0 saturated carbocycles. The predicted molar refractivity (Wildman–Crippen MR) is 106 cm³/mol. The van der Waals surface area contributed by atoms with Crippen molar-refractivity contribution in [2.75, 3.05) is 39.3 Å². The number of hydrogen-bond acceptors (Lipinski definition) is 11. The summed E-state index contributed by atoms with van der Waals surface area (Å²) < 4.78 is 0. The molecular weight excluding hydrogens is 633 g/mol. The average molecular weight is 647 g/mol. The predicted octanol–water partition coefficient (Wildman–Crippen LogP) is -14.7. The Bertz CT molecular complexity index is 714. The summed E-state index contributed by atoms with van der Waals surface area (Å²) in [4.78, 5) is 43.4. The van der Waals surface area contributed by atoms with Crippen molar-refractivity contribution in [3.8, 4) is 5.75 Å². The minimum absolute atomic E-state index is 0. The maximum Gasteiger partial charge on any atom is 1.00 e. The van der Waals surface area contributed by atoms with Crippen LogP contribution >= 0.6 is 58.0 Å². The number of nitrogens with zero attached hydrogens (tertiary/aromatic N) is 2. The number of phenolic OH excluding ortho intramolecular Hbond substituents is 1. The van der Waals surface area contributed by atoms with Gasteiger partial charge in [0.25, 0.3) is 0 Å². The quantitative estimate of drug-likeness (QED) is 0.137. The molecule has 0 unspecified atom stereocenters. The molecule has 0 spiro atoms. The Kier molecular flexibility index (Phi) is 33.4. The zero-order chi connectivity index (χ0) is 25.2. The van der Waals surface area contributed by atoms with Gasteiger partial charge < -0.3 is 44.7 Å². The number of benzene rings is 1. The molecule has 0 amide bonds. The summed E-state index contributed by atoms with van der Waals surface area (Å²) in [6.45, 7) is -3.25. The third-order valence-corrected chi connectivity index (χ3v) is 5.59. The Balaban J connectivity index is -0.000000174. The fourth-order valence-corrected chi connectivity index (χ4v) is 3.16. The zero-order valence-electron chi connectivity index (χ0n) is 19.7. The standard InChI is InChI=1S/C10H16N2O8.C6HCl5O.4Na/c13-7(14)3-11(4-8(15)16)1-2-12(5-9(17)18)6-10(19)20;7-1-2(8)4(10)6(12)5(11)3(1)9;;;;/h1-6H2,(H,13,14)(H,15,16)(H,17,18)(H,19,20);12H;;;;/q;;4*+1/p-4. The number of carboxylic acids is 4. The topological polar surface area (TPSA) is 187 Å². The molecule has 0 radical (unpaired) electrons. The second-order valence-corrected chi connectivity index (χ2v) is 7.72. The van der Waals surface area contributed by atoms with Gasteiger partial charge in [0.15, 0.2) is 5.75 Å². The van der Waals surface area contributed by atoms with Crippen molar-refractivity contribution in [1.82, 2.24) is 9.80 Å². The number of aliphatic carboxylic acids is 4. The minimum atomic E-state index is -1.53. The van der Waals surface area contributed by atoms with E-state index in [0.29, 0.717) is 0 Å². The summed E-state index contributed by atoms with van der Waals surface area (Å²) in [6, 6.07) is 0. The van der Waals surface area contributed by atoms with E-state index in [-0.39, 0.29) is 162 Å². The van der Waals surface area contributed by atoms with Gasteiger partial charge in [0, 0.05) is 39.3 Å². The van der Waals surface area contributed by atoms with Crippen molar-refractivity contribution in [2.45, 2.75) is 0 Å². The van der Waals surface area contributed by atoms with Crippen molar-refractivity contribution >= 4 is 81.9 Å². The number of carboxylic acid groups (broad SMARTS) is 4. The minimum Gasteiger partial charge on any atom is -0.549 e. The van der Waals surface area contributed by atoms with Gasteiger partial charge in [-0.2, -0.15) is 0 Å². The van der Waals surface area contributed by atoms with Crippen LogP contribution in [-0.4, -0.2) is 78.1 Å². The normalized spacial score (nSPS) is 9.42. The van der Waals surface area contributed by atoms with Gasteiger partial charge in [0.05, 0.1) is 38.9 Å². The van der Waals surface area contributed by atoms with Crippen LogP contribution in [0.5, 0.6) is 5.75 Å². The van der Waals surface area contributed by atoms with E-state index in [9.17, 15) is 44.7 Å². The summed E-state index contributed by atoms with van der Waals surface area (Å²) >= 11 is 27.9. The van der Waals surface area contributed by atoms with Crippen LogP contribution in [0.4, 0.5) is 0 Å². The molecule has 0 aliphatic rings. The molecule has 20 heteroatoms. The molecule has 1 aromatic carbocycles. The summed E-state index contributed by atoms with van der Waals surface area (Å²) in [5.41, 5.74) is 0. The van der Waals surface area contributed by atoms with Crippen LogP contribution in [0.1, 0.15) is 0 Å². The molecule has 0 aliphatic heterocycles. The maximum atomic E-state index is 10.4. The van der Waals surface area contributed by atoms with Gasteiger partial charge >= 0.3 is 118 Å². The average Bonchev–Trinajstić information content (AvgIpc) is 2.66. The Morgan fingerprint density at radius 1 is 0.528 bits per heavy atom. The third kappa shape index (κ3) is 20.2. The van der Waals surface area contributed by atoms with Gasteiger partial charge in [-0.15, -0.1) is 0 Å². The maximum absolute atomic E-state index is 10.4. The first kappa shape index (κ1) is 48.0. The second-order valence-electron chi connectivity index (χ2n) is 5.83. The van der Waals surface area contributed by atoms with Crippen molar-refractivity contribution < 1.29 is 163 Å². The van der Waals surface area contributed by atoms with E-state index < -0.39 is 50.1 Å². The molecule has 0 atom stereocenters. The van der Waals surface area contributed by atoms with E-state index in [1.54, 1.807) is 0 Å². The van der Waals surface area contributed by atoms with Crippen LogP contribution in [0.3, 0.4) is 0 Å². The molecule has 180 valence electrons. The smallest absolute Gasteiger partial charge is 0.549 e. The van der Waals surface area contributed by atoms with Gasteiger partial charge in [-0.25, -0.2) is 0 Å². The number of halogens is 5. The van der Waals surface area contributed by atoms with Crippen molar-refractivity contribution in [1.29, 1.82) is 0 Å². The number of phenols is 1. The number of aromatic hydroxyl groups is 1. The van der Waals surface area contributed by atoms with E-state index in [0.717, 1.165) is 9.80 Å². The first-order chi connectivity index (χ1) is 14.7. The third-order valence-electron chi connectivity index (χ3n) is 3.33. The fourth-order valence-electron chi connectivity index (χ4n) is 2.03. The van der Waals surface area contributed by atoms with Crippen LogP contribution in [0.25, 0.3) is 0 Å². The monoisotopic (exact) mass is 644 g/mol. The van der Waals surface area contributed by atoms with Gasteiger partial charge in [-0.1, -0.05) is 58.0 Å². The van der Waals surface area contributed by atoms with Crippen LogP contribution in [0, 0.1) is 0 Å². The van der Waals surface area contributed by atoms with Crippen molar-refractivity contribution in [3.05, 3.63) is 25.1 Å². The van der Waals surface area contributed by atoms with Crippen LogP contribution in [0.15, 0.2) is 0 Å². The summed E-state index contributed by atoms with van der Waals surface area (Å²) in [7, 11) is 0. The van der Waals surface area contributed by atoms with Crippen LogP contribution in [-0.2, 0) is 19.2 Å². The number of carbonyl (C=O) groups excluding carboxylic acids is 4. The molecule has 0 aliphatic carbocycles. The Labute approximate surface area is 319 Å². The Hall–Kier alpha value is 2.27. The molecule has 0 saturated heterocycles. The largest absolute Gasteiger partial charge is 1.00 e. The molecule has 0 bridgehead atoms. The summed E-state index contributed by atoms with van der Waals surface area (Å²) in [5.74, 6) is -6.48. The van der Waals surface area contributed by atoms with Gasteiger partial charge in [-0.05, 0) is 0 Å². The fraction of sp³-hybridized carbons (Fsp3) is 0.375.